The maximum atomic E-state index is 14.7. The van der Waals surface area contributed by atoms with Gasteiger partial charge < -0.3 is 9.73 Å². The minimum Gasteiger partial charge on any atom is -0.459 e. The van der Waals surface area contributed by atoms with E-state index >= 15 is 0 Å². The number of nitrogens with zero attached hydrogens (tertiary/aromatic N) is 1. The molecule has 1 saturated heterocycles. The van der Waals surface area contributed by atoms with Crippen LogP contribution in [0.4, 0.5) is 24.5 Å². The molecule has 9 heteroatoms. The molecule has 150 valence electrons. The molecule has 2 atom stereocenters. The van der Waals surface area contributed by atoms with Gasteiger partial charge in [0.1, 0.15) is 5.69 Å². The minimum atomic E-state index is -1.72. The maximum Gasteiger partial charge on any atom is 0.291 e. The molecule has 1 fully saturated rings. The van der Waals surface area contributed by atoms with Crippen LogP contribution in [0.5, 0.6) is 0 Å². The molecule has 1 aromatic carbocycles. The number of imide groups is 1. The third kappa shape index (κ3) is 2.93. The third-order valence-corrected chi connectivity index (χ3v) is 5.19. The predicted molar refractivity (Wildman–Crippen MR) is 95.6 cm³/mol. The molecule has 3 amide bonds. The molecule has 1 aliphatic heterocycles. The van der Waals surface area contributed by atoms with Crippen molar-refractivity contribution >= 4 is 29.1 Å². The molecule has 0 saturated carbocycles. The number of aryl methyl sites for hydroxylation is 1. The molecular weight excluding hydrogens is 389 g/mol. The van der Waals surface area contributed by atoms with Gasteiger partial charge in [0, 0.05) is 11.6 Å². The van der Waals surface area contributed by atoms with Crippen LogP contribution in [0, 0.1) is 36.2 Å². The fourth-order valence-corrected chi connectivity index (χ4v) is 3.67. The number of rotatable bonds is 3. The Morgan fingerprint density at radius 3 is 2.28 bits per heavy atom. The Bertz CT molecular complexity index is 1050. The average molecular weight is 404 g/mol. The Morgan fingerprint density at radius 2 is 1.72 bits per heavy atom. The van der Waals surface area contributed by atoms with Crippen molar-refractivity contribution in [2.75, 3.05) is 10.2 Å². The first-order chi connectivity index (χ1) is 13.8. The number of furan rings is 1. The third-order valence-electron chi connectivity index (χ3n) is 5.19. The van der Waals surface area contributed by atoms with Gasteiger partial charge in [0.15, 0.2) is 23.2 Å². The predicted octanol–water partition coefficient (Wildman–Crippen LogP) is 3.71. The molecule has 2 aromatic rings. The van der Waals surface area contributed by atoms with Gasteiger partial charge in [-0.25, -0.2) is 18.1 Å². The van der Waals surface area contributed by atoms with Crippen LogP contribution in [0.25, 0.3) is 0 Å². The normalized spacial score (nSPS) is 20.9. The molecule has 0 spiro atoms. The number of fused-ring (bicyclic) bond motifs is 1. The largest absolute Gasteiger partial charge is 0.459 e. The Labute approximate surface area is 163 Å². The second-order valence-corrected chi connectivity index (χ2v) is 6.94. The van der Waals surface area contributed by atoms with E-state index < -0.39 is 58.4 Å². The van der Waals surface area contributed by atoms with Gasteiger partial charge in [0.05, 0.1) is 23.8 Å². The van der Waals surface area contributed by atoms with Gasteiger partial charge in [-0.1, -0.05) is 12.2 Å². The van der Waals surface area contributed by atoms with Gasteiger partial charge in [-0.3, -0.25) is 14.4 Å². The lowest BCUT2D eigenvalue weighted by atomic mass is 9.85. The average Bonchev–Trinajstić information content (AvgIpc) is 3.24. The lowest BCUT2D eigenvalue weighted by Crippen LogP contribution is -2.32. The number of hydrogen-bond acceptors (Lipinski definition) is 4. The molecule has 4 rings (SSSR count). The molecule has 0 unspecified atom stereocenters. The summed E-state index contributed by atoms with van der Waals surface area (Å²) < 4.78 is 48.8. The van der Waals surface area contributed by atoms with E-state index in [-0.39, 0.29) is 5.76 Å². The SMILES string of the molecule is Cc1ccoc1C(=O)Nc1c(F)cc(N2C(=O)[C@H]3CC=CC[C@H]3C2=O)c(F)c1F. The monoisotopic (exact) mass is 404 g/mol. The zero-order valence-electron chi connectivity index (χ0n) is 15.2. The smallest absolute Gasteiger partial charge is 0.291 e. The van der Waals surface area contributed by atoms with Crippen LogP contribution in [0.2, 0.25) is 0 Å². The van der Waals surface area contributed by atoms with Crippen molar-refractivity contribution in [2.24, 2.45) is 11.8 Å². The number of nitrogens with one attached hydrogen (secondary N) is 1. The Hall–Kier alpha value is -3.36. The van der Waals surface area contributed by atoms with Gasteiger partial charge in [0.25, 0.3) is 5.91 Å². The lowest BCUT2D eigenvalue weighted by molar-refractivity contribution is -0.122. The van der Waals surface area contributed by atoms with Crippen LogP contribution in [0.15, 0.2) is 35.0 Å². The summed E-state index contributed by atoms with van der Waals surface area (Å²) >= 11 is 0. The van der Waals surface area contributed by atoms with Crippen molar-refractivity contribution in [2.45, 2.75) is 19.8 Å². The van der Waals surface area contributed by atoms with Gasteiger partial charge in [0.2, 0.25) is 11.8 Å². The maximum absolute atomic E-state index is 14.7. The van der Waals surface area contributed by atoms with Crippen LogP contribution in [-0.4, -0.2) is 17.7 Å². The second kappa shape index (κ2) is 6.91. The van der Waals surface area contributed by atoms with Crippen LogP contribution in [0.1, 0.15) is 29.0 Å². The number of amides is 3. The number of anilines is 2. The van der Waals surface area contributed by atoms with Crippen molar-refractivity contribution in [3.63, 3.8) is 0 Å². The number of carbonyl (C=O) groups excluding carboxylic acids is 3. The molecule has 1 aromatic heterocycles. The van der Waals surface area contributed by atoms with E-state index in [1.165, 1.54) is 12.3 Å². The highest BCUT2D eigenvalue weighted by Gasteiger charge is 2.49. The lowest BCUT2D eigenvalue weighted by Gasteiger charge is -2.18. The van der Waals surface area contributed by atoms with E-state index in [9.17, 15) is 27.6 Å². The first-order valence-corrected chi connectivity index (χ1v) is 8.87. The van der Waals surface area contributed by atoms with Gasteiger partial charge in [-0.05, 0) is 25.8 Å². The molecule has 1 N–H and O–H groups in total. The molecular formula is C20H15F3N2O4. The second-order valence-electron chi connectivity index (χ2n) is 6.94. The van der Waals surface area contributed by atoms with E-state index in [0.29, 0.717) is 29.4 Å². The van der Waals surface area contributed by atoms with Crippen molar-refractivity contribution in [3.8, 4) is 0 Å². The highest BCUT2D eigenvalue weighted by molar-refractivity contribution is 6.22. The van der Waals surface area contributed by atoms with Crippen molar-refractivity contribution in [3.05, 3.63) is 59.3 Å². The topological polar surface area (TPSA) is 79.6 Å². The van der Waals surface area contributed by atoms with E-state index in [1.54, 1.807) is 19.1 Å². The Morgan fingerprint density at radius 1 is 1.10 bits per heavy atom. The number of allylic oxidation sites excluding steroid dienone is 2. The molecule has 6 nitrogen and oxygen atoms in total. The minimum absolute atomic E-state index is 0.185. The van der Waals surface area contributed by atoms with Gasteiger partial charge >= 0.3 is 0 Å². The number of benzene rings is 1. The van der Waals surface area contributed by atoms with Crippen LogP contribution >= 0.6 is 0 Å². The highest BCUT2D eigenvalue weighted by Crippen LogP contribution is 2.40. The van der Waals surface area contributed by atoms with E-state index in [2.05, 4.69) is 0 Å². The summed E-state index contributed by atoms with van der Waals surface area (Å²) in [6.45, 7) is 1.55. The summed E-state index contributed by atoms with van der Waals surface area (Å²) in [5.41, 5.74) is -1.42. The summed E-state index contributed by atoms with van der Waals surface area (Å²) in [5, 5.41) is 1.93. The molecule has 2 aliphatic rings. The van der Waals surface area contributed by atoms with Crippen LogP contribution < -0.4 is 10.2 Å². The standard InChI is InChI=1S/C20H15F3N2O4/c1-9-6-7-29-17(9)18(26)24-16-12(21)8-13(14(22)15(16)23)25-19(27)10-4-2-3-5-11(10)20(25)28/h2-3,6-8,10-11H,4-5H2,1H3,(H,24,26)/t10-,11+. The molecule has 29 heavy (non-hydrogen) atoms. The first kappa shape index (κ1) is 19.0. The Balaban J connectivity index is 1.69. The van der Waals surface area contributed by atoms with Crippen molar-refractivity contribution in [1.29, 1.82) is 0 Å². The quantitative estimate of drug-likeness (QED) is 0.481. The molecule has 2 heterocycles. The fraction of sp³-hybridized carbons (Fsp3) is 0.250. The van der Waals surface area contributed by atoms with Crippen molar-refractivity contribution in [1.82, 2.24) is 0 Å². The molecule has 1 aliphatic carbocycles. The zero-order valence-corrected chi connectivity index (χ0v) is 15.2. The molecule has 0 bridgehead atoms. The summed E-state index contributed by atoms with van der Waals surface area (Å²) in [6, 6.07) is 2.01. The van der Waals surface area contributed by atoms with Crippen molar-refractivity contribution < 1.29 is 32.0 Å². The fourth-order valence-electron chi connectivity index (χ4n) is 3.67. The van der Waals surface area contributed by atoms with Crippen LogP contribution in [0.3, 0.4) is 0 Å². The van der Waals surface area contributed by atoms with Gasteiger partial charge in [-0.2, -0.15) is 0 Å². The summed E-state index contributed by atoms with van der Waals surface area (Å²) in [5.74, 6) is -8.58. The number of hydrogen-bond donors (Lipinski definition) is 1. The van der Waals surface area contributed by atoms with E-state index in [1.807, 2.05) is 5.32 Å². The van der Waals surface area contributed by atoms with Gasteiger partial charge in [-0.15, -0.1) is 0 Å². The van der Waals surface area contributed by atoms with E-state index in [0.717, 1.165) is 0 Å². The molecule has 0 radical (unpaired) electrons. The Kier molecular flexibility index (Phi) is 4.52. The summed E-state index contributed by atoms with van der Waals surface area (Å²) in [6.07, 6.45) is 5.30. The number of halogens is 3. The summed E-state index contributed by atoms with van der Waals surface area (Å²) in [4.78, 5) is 37.8. The summed E-state index contributed by atoms with van der Waals surface area (Å²) in [7, 11) is 0. The van der Waals surface area contributed by atoms with Crippen LogP contribution in [-0.2, 0) is 9.59 Å². The first-order valence-electron chi connectivity index (χ1n) is 8.87. The zero-order chi connectivity index (χ0) is 20.9. The highest BCUT2D eigenvalue weighted by atomic mass is 19.2. The van der Waals surface area contributed by atoms with E-state index in [4.69, 9.17) is 4.42 Å². The number of carbonyl (C=O) groups is 3.